The Morgan fingerprint density at radius 2 is 1.95 bits per heavy atom. The molecule has 0 fully saturated rings. The predicted molar refractivity (Wildman–Crippen MR) is 82.9 cm³/mol. The Kier molecular flexibility index (Phi) is 9.80. The molecule has 0 unspecified atom stereocenters. The maximum atomic E-state index is 11.7. The molecule has 0 aliphatic heterocycles. The smallest absolute Gasteiger partial charge is 0.227 e. The number of hydrogen-bond donors (Lipinski definition) is 3. The normalized spacial score (nSPS) is 12.2. The first-order valence-corrected chi connectivity index (χ1v) is 7.30. The lowest BCUT2D eigenvalue weighted by molar-refractivity contribution is -0.128. The number of carbonyl (C=O) groups excluding carboxylic acids is 1. The summed E-state index contributed by atoms with van der Waals surface area (Å²) >= 11 is 0. The largest absolute Gasteiger partial charge is 0.382 e. The van der Waals surface area contributed by atoms with Gasteiger partial charge >= 0.3 is 0 Å². The van der Waals surface area contributed by atoms with Crippen molar-refractivity contribution < 1.29 is 9.53 Å². The van der Waals surface area contributed by atoms with Crippen molar-refractivity contribution in [2.75, 3.05) is 39.9 Å². The Bertz CT molecular complexity index is 304. The molecule has 0 saturated heterocycles. The van der Waals surface area contributed by atoms with Gasteiger partial charge < -0.3 is 20.7 Å². The summed E-state index contributed by atoms with van der Waals surface area (Å²) in [5.41, 5.74) is -0.511. The van der Waals surface area contributed by atoms with Crippen LogP contribution in [0.5, 0.6) is 0 Å². The third kappa shape index (κ3) is 7.99. The Hall–Kier alpha value is -1.30. The second-order valence-corrected chi connectivity index (χ2v) is 5.14. The summed E-state index contributed by atoms with van der Waals surface area (Å²) in [6.45, 7) is 11.3. The number of amides is 1. The van der Waals surface area contributed by atoms with Crippen molar-refractivity contribution >= 4 is 11.9 Å². The lowest BCUT2D eigenvalue weighted by Crippen LogP contribution is -2.41. The number of aliphatic imine (C=N–C) groups is 1. The number of nitrogens with zero attached hydrogens (tertiary/aromatic N) is 1. The fraction of sp³-hybridized carbons (Fsp3) is 0.857. The van der Waals surface area contributed by atoms with Crippen LogP contribution in [0.1, 0.15) is 34.1 Å². The minimum absolute atomic E-state index is 0.00607. The van der Waals surface area contributed by atoms with Crippen LogP contribution in [0.3, 0.4) is 0 Å². The maximum absolute atomic E-state index is 11.7. The number of carbonyl (C=O) groups is 1. The van der Waals surface area contributed by atoms with Gasteiger partial charge in [0.2, 0.25) is 5.91 Å². The Morgan fingerprint density at radius 3 is 2.50 bits per heavy atom. The van der Waals surface area contributed by atoms with Gasteiger partial charge in [-0.2, -0.15) is 0 Å². The molecule has 0 aromatic carbocycles. The van der Waals surface area contributed by atoms with Crippen LogP contribution in [0, 0.1) is 5.41 Å². The Balaban J connectivity index is 4.28. The zero-order valence-corrected chi connectivity index (χ0v) is 13.5. The van der Waals surface area contributed by atoms with E-state index in [1.54, 1.807) is 7.05 Å². The topological polar surface area (TPSA) is 74.8 Å². The van der Waals surface area contributed by atoms with Gasteiger partial charge in [-0.05, 0) is 34.1 Å². The van der Waals surface area contributed by atoms with E-state index in [9.17, 15) is 4.79 Å². The number of guanidine groups is 1. The molecule has 0 aromatic rings. The van der Waals surface area contributed by atoms with Gasteiger partial charge in [-0.25, -0.2) is 0 Å². The molecule has 0 spiro atoms. The summed E-state index contributed by atoms with van der Waals surface area (Å²) < 4.78 is 5.28. The summed E-state index contributed by atoms with van der Waals surface area (Å²) in [5, 5.41) is 9.07. The molecule has 118 valence electrons. The van der Waals surface area contributed by atoms with Gasteiger partial charge in [0.1, 0.15) is 0 Å². The second kappa shape index (κ2) is 10.5. The summed E-state index contributed by atoms with van der Waals surface area (Å²) in [4.78, 5) is 16.2. The minimum Gasteiger partial charge on any atom is -0.382 e. The van der Waals surface area contributed by atoms with E-state index in [1.165, 1.54) is 0 Å². The number of hydrogen-bond acceptors (Lipinski definition) is 3. The summed E-state index contributed by atoms with van der Waals surface area (Å²) in [6, 6.07) is 0. The monoisotopic (exact) mass is 286 g/mol. The van der Waals surface area contributed by atoms with E-state index in [2.05, 4.69) is 20.9 Å². The van der Waals surface area contributed by atoms with Crippen LogP contribution in [0.15, 0.2) is 4.99 Å². The van der Waals surface area contributed by atoms with E-state index in [-0.39, 0.29) is 5.91 Å². The highest BCUT2D eigenvalue weighted by Gasteiger charge is 2.26. The average molecular weight is 286 g/mol. The fourth-order valence-electron chi connectivity index (χ4n) is 1.55. The first-order valence-electron chi connectivity index (χ1n) is 7.30. The highest BCUT2D eigenvalue weighted by atomic mass is 16.5. The van der Waals surface area contributed by atoms with Gasteiger partial charge in [0, 0.05) is 33.4 Å². The molecule has 0 aliphatic carbocycles. The van der Waals surface area contributed by atoms with Crippen molar-refractivity contribution in [3.8, 4) is 0 Å². The molecule has 1 amide bonds. The number of nitrogens with one attached hydrogen (secondary N) is 3. The molecular weight excluding hydrogens is 256 g/mol. The molecule has 0 radical (unpaired) electrons. The first-order chi connectivity index (χ1) is 9.47. The quantitative estimate of drug-likeness (QED) is 0.332. The van der Waals surface area contributed by atoms with Crippen molar-refractivity contribution in [2.45, 2.75) is 34.1 Å². The SMILES string of the molecule is CCNC(=NCC(C)(C)C(=O)NC)NCCCOCC. The second-order valence-electron chi connectivity index (χ2n) is 5.14. The van der Waals surface area contributed by atoms with E-state index < -0.39 is 5.41 Å². The molecule has 20 heavy (non-hydrogen) atoms. The van der Waals surface area contributed by atoms with E-state index in [0.717, 1.165) is 38.7 Å². The Morgan fingerprint density at radius 1 is 1.25 bits per heavy atom. The van der Waals surface area contributed by atoms with Gasteiger partial charge in [0.15, 0.2) is 5.96 Å². The standard InChI is InChI=1S/C14H30N4O2/c1-6-16-13(17-9-8-10-20-7-2)18-11-14(3,4)12(19)15-5/h6-11H2,1-5H3,(H,15,19)(H2,16,17,18). The fourth-order valence-corrected chi connectivity index (χ4v) is 1.55. The van der Waals surface area contributed by atoms with Gasteiger partial charge in [-0.3, -0.25) is 9.79 Å². The van der Waals surface area contributed by atoms with E-state index in [0.29, 0.717) is 6.54 Å². The Labute approximate surface area is 122 Å². The van der Waals surface area contributed by atoms with E-state index in [1.807, 2.05) is 27.7 Å². The molecular formula is C14H30N4O2. The molecule has 0 atom stereocenters. The lowest BCUT2D eigenvalue weighted by atomic mass is 9.93. The van der Waals surface area contributed by atoms with Crippen molar-refractivity contribution in [2.24, 2.45) is 10.4 Å². The predicted octanol–water partition coefficient (Wildman–Crippen LogP) is 0.740. The van der Waals surface area contributed by atoms with Crippen LogP contribution < -0.4 is 16.0 Å². The van der Waals surface area contributed by atoms with Crippen LogP contribution in [0.2, 0.25) is 0 Å². The molecule has 3 N–H and O–H groups in total. The van der Waals surface area contributed by atoms with Crippen LogP contribution in [-0.4, -0.2) is 51.8 Å². The van der Waals surface area contributed by atoms with Crippen LogP contribution >= 0.6 is 0 Å². The van der Waals surface area contributed by atoms with Crippen molar-refractivity contribution in [1.29, 1.82) is 0 Å². The lowest BCUT2D eigenvalue weighted by Gasteiger charge is -2.21. The van der Waals surface area contributed by atoms with Crippen molar-refractivity contribution in [3.63, 3.8) is 0 Å². The molecule has 0 saturated carbocycles. The molecule has 0 rings (SSSR count). The molecule has 0 aromatic heterocycles. The van der Waals surface area contributed by atoms with Crippen molar-refractivity contribution in [1.82, 2.24) is 16.0 Å². The van der Waals surface area contributed by atoms with Crippen LogP contribution in [-0.2, 0) is 9.53 Å². The molecule has 6 heteroatoms. The summed E-state index contributed by atoms with van der Waals surface area (Å²) in [6.07, 6.45) is 0.928. The van der Waals surface area contributed by atoms with Gasteiger partial charge in [-0.1, -0.05) is 0 Å². The van der Waals surface area contributed by atoms with E-state index >= 15 is 0 Å². The zero-order chi connectivity index (χ0) is 15.4. The zero-order valence-electron chi connectivity index (χ0n) is 13.5. The third-order valence-electron chi connectivity index (χ3n) is 2.78. The van der Waals surface area contributed by atoms with Crippen LogP contribution in [0.4, 0.5) is 0 Å². The maximum Gasteiger partial charge on any atom is 0.227 e. The highest BCUT2D eigenvalue weighted by molar-refractivity contribution is 5.83. The number of rotatable bonds is 9. The number of ether oxygens (including phenoxy) is 1. The molecule has 6 nitrogen and oxygen atoms in total. The van der Waals surface area contributed by atoms with Gasteiger partial charge in [0.25, 0.3) is 0 Å². The molecule has 0 bridgehead atoms. The molecule has 0 aliphatic rings. The van der Waals surface area contributed by atoms with Gasteiger partial charge in [0.05, 0.1) is 12.0 Å². The third-order valence-corrected chi connectivity index (χ3v) is 2.78. The summed E-state index contributed by atoms with van der Waals surface area (Å²) in [5.74, 6) is 0.731. The molecule has 0 heterocycles. The van der Waals surface area contributed by atoms with E-state index in [4.69, 9.17) is 4.74 Å². The minimum atomic E-state index is -0.511. The highest BCUT2D eigenvalue weighted by Crippen LogP contribution is 2.15. The first kappa shape index (κ1) is 18.7. The summed E-state index contributed by atoms with van der Waals surface area (Å²) in [7, 11) is 1.64. The van der Waals surface area contributed by atoms with Crippen LogP contribution in [0.25, 0.3) is 0 Å². The average Bonchev–Trinajstić information content (AvgIpc) is 2.43. The van der Waals surface area contributed by atoms with Gasteiger partial charge in [-0.15, -0.1) is 0 Å². The van der Waals surface area contributed by atoms with Crippen molar-refractivity contribution in [3.05, 3.63) is 0 Å².